The molecule has 1 aliphatic rings. The number of hydrogen-bond donors (Lipinski definition) is 4. The first kappa shape index (κ1) is 27.5. The first-order valence-corrected chi connectivity index (χ1v) is 14.5. The van der Waals surface area contributed by atoms with Crippen molar-refractivity contribution in [2.24, 2.45) is 4.99 Å². The number of carboxylic acid groups (broad SMARTS) is 1. The zero-order valence-electron chi connectivity index (χ0n) is 20.8. The number of rotatable bonds is 11. The number of carboxylic acids is 1. The van der Waals surface area contributed by atoms with E-state index < -0.39 is 22.0 Å². The molecule has 12 nitrogen and oxygen atoms in total. The van der Waals surface area contributed by atoms with Gasteiger partial charge in [-0.25, -0.2) is 18.4 Å². The molecule has 0 spiro atoms. The summed E-state index contributed by atoms with van der Waals surface area (Å²) in [5, 5.41) is 16.8. The third-order valence-electron chi connectivity index (χ3n) is 5.69. The molecule has 38 heavy (non-hydrogen) atoms. The predicted octanol–water partition coefficient (Wildman–Crippen LogP) is 1.51. The highest BCUT2D eigenvalue weighted by Gasteiger charge is 2.26. The van der Waals surface area contributed by atoms with Gasteiger partial charge in [0.25, 0.3) is 0 Å². The van der Waals surface area contributed by atoms with Gasteiger partial charge in [-0.2, -0.15) is 4.72 Å². The lowest BCUT2D eigenvalue weighted by atomic mass is 10.3. The number of hydrogen-bond acceptors (Lipinski definition) is 9. The molecule has 14 heteroatoms. The largest absolute Gasteiger partial charge is 0.480 e. The van der Waals surface area contributed by atoms with Crippen molar-refractivity contribution in [2.45, 2.75) is 48.7 Å². The standard InChI is InChI=1S/C24H29N7O5S2/c1-16-27-21-18(10-14-31(21)13-5-9-20(32)29-24-25-11-6-12-26-24)22(28-16)37-15-19(23(33)34)30-38(35,36)17-7-3-2-4-8-17/h2-4,7-8,10,14,19,30H,5-6,9,11-13,15H2,1H3,(H,33,34)(H2,25,26,29,32)/t19-/m0/s1. The number of aliphatic carboxylic acids is 1. The second-order valence-corrected chi connectivity index (χ2v) is 11.3. The maximum atomic E-state index is 12.6. The number of aryl methyl sites for hydroxylation is 2. The van der Waals surface area contributed by atoms with E-state index in [1.165, 1.54) is 12.1 Å². The average molecular weight is 560 g/mol. The van der Waals surface area contributed by atoms with Gasteiger partial charge in [0.2, 0.25) is 15.9 Å². The molecule has 3 aromatic rings. The van der Waals surface area contributed by atoms with E-state index >= 15 is 0 Å². The Labute approximate surface area is 224 Å². The molecule has 2 aromatic heterocycles. The van der Waals surface area contributed by atoms with Crippen molar-refractivity contribution in [3.05, 3.63) is 48.4 Å². The molecular formula is C24H29N7O5S2. The lowest BCUT2D eigenvalue weighted by Gasteiger charge is -2.15. The van der Waals surface area contributed by atoms with E-state index in [0.717, 1.165) is 30.1 Å². The van der Waals surface area contributed by atoms with Gasteiger partial charge >= 0.3 is 5.97 Å². The molecule has 0 aliphatic carbocycles. The van der Waals surface area contributed by atoms with Gasteiger partial charge in [0.15, 0.2) is 5.96 Å². The number of nitrogens with zero attached hydrogens (tertiary/aromatic N) is 4. The van der Waals surface area contributed by atoms with Crippen molar-refractivity contribution >= 4 is 50.7 Å². The molecule has 0 saturated heterocycles. The highest BCUT2D eigenvalue weighted by atomic mass is 32.2. The van der Waals surface area contributed by atoms with Crippen LogP contribution in [0.5, 0.6) is 0 Å². The molecule has 3 heterocycles. The Balaban J connectivity index is 1.40. The van der Waals surface area contributed by atoms with Crippen molar-refractivity contribution in [2.75, 3.05) is 18.8 Å². The number of sulfonamides is 1. The Morgan fingerprint density at radius 2 is 2.00 bits per heavy atom. The molecule has 4 rings (SSSR count). The van der Waals surface area contributed by atoms with Gasteiger partial charge in [0.05, 0.1) is 10.3 Å². The highest BCUT2D eigenvalue weighted by Crippen LogP contribution is 2.27. The number of aliphatic imine (C=N–C) groups is 1. The van der Waals surface area contributed by atoms with Crippen LogP contribution < -0.4 is 15.4 Å². The van der Waals surface area contributed by atoms with Crippen LogP contribution >= 0.6 is 11.8 Å². The lowest BCUT2D eigenvalue weighted by molar-refractivity contribution is -0.138. The van der Waals surface area contributed by atoms with Crippen molar-refractivity contribution in [1.29, 1.82) is 0 Å². The molecule has 1 aliphatic heterocycles. The Hall–Kier alpha value is -3.49. The number of amides is 1. The summed E-state index contributed by atoms with van der Waals surface area (Å²) >= 11 is 1.14. The smallest absolute Gasteiger partial charge is 0.322 e. The molecule has 202 valence electrons. The van der Waals surface area contributed by atoms with Crippen molar-refractivity contribution in [3.8, 4) is 0 Å². The average Bonchev–Trinajstić information content (AvgIpc) is 3.30. The summed E-state index contributed by atoms with van der Waals surface area (Å²) in [7, 11) is -4.01. The molecule has 1 atom stereocenters. The lowest BCUT2D eigenvalue weighted by Crippen LogP contribution is -2.43. The topological polar surface area (TPSA) is 168 Å². The zero-order chi connectivity index (χ0) is 27.1. The molecule has 0 unspecified atom stereocenters. The Morgan fingerprint density at radius 1 is 1.21 bits per heavy atom. The summed E-state index contributed by atoms with van der Waals surface area (Å²) in [6.45, 7) is 3.77. The number of benzene rings is 1. The van der Waals surface area contributed by atoms with E-state index in [4.69, 9.17) is 0 Å². The van der Waals surface area contributed by atoms with Crippen LogP contribution in [0.1, 0.15) is 25.1 Å². The van der Waals surface area contributed by atoms with Gasteiger partial charge in [-0.3, -0.25) is 19.9 Å². The molecule has 4 N–H and O–H groups in total. The van der Waals surface area contributed by atoms with Crippen LogP contribution in [0.2, 0.25) is 0 Å². The molecule has 0 radical (unpaired) electrons. The minimum Gasteiger partial charge on any atom is -0.480 e. The van der Waals surface area contributed by atoms with Gasteiger partial charge in [0.1, 0.15) is 22.5 Å². The van der Waals surface area contributed by atoms with Crippen molar-refractivity contribution < 1.29 is 23.1 Å². The number of aromatic nitrogens is 3. The van der Waals surface area contributed by atoms with Crippen LogP contribution in [0, 0.1) is 6.92 Å². The minimum atomic E-state index is -4.01. The number of guanidine groups is 1. The van der Waals surface area contributed by atoms with E-state index in [0.29, 0.717) is 48.4 Å². The fourth-order valence-electron chi connectivity index (χ4n) is 3.83. The summed E-state index contributed by atoms with van der Waals surface area (Å²) in [5.74, 6) is -0.464. The Morgan fingerprint density at radius 3 is 2.71 bits per heavy atom. The van der Waals surface area contributed by atoms with E-state index in [1.807, 2.05) is 16.8 Å². The van der Waals surface area contributed by atoms with Crippen LogP contribution in [-0.2, 0) is 26.2 Å². The number of nitrogens with one attached hydrogen (secondary N) is 3. The normalized spacial score (nSPS) is 14.5. The summed E-state index contributed by atoms with van der Waals surface area (Å²) in [6.07, 6.45) is 3.69. The second-order valence-electron chi connectivity index (χ2n) is 8.62. The van der Waals surface area contributed by atoms with E-state index in [9.17, 15) is 23.1 Å². The summed E-state index contributed by atoms with van der Waals surface area (Å²) in [5.41, 5.74) is 0.662. The minimum absolute atomic E-state index is 0.00901. The first-order valence-electron chi connectivity index (χ1n) is 12.1. The van der Waals surface area contributed by atoms with Crippen LogP contribution in [0.3, 0.4) is 0 Å². The van der Waals surface area contributed by atoms with Crippen LogP contribution in [0.25, 0.3) is 11.0 Å². The van der Waals surface area contributed by atoms with Crippen LogP contribution in [0.4, 0.5) is 0 Å². The maximum Gasteiger partial charge on any atom is 0.322 e. The van der Waals surface area contributed by atoms with Crippen molar-refractivity contribution in [3.63, 3.8) is 0 Å². The molecule has 1 amide bonds. The number of fused-ring (bicyclic) bond motifs is 1. The number of thioether (sulfide) groups is 1. The maximum absolute atomic E-state index is 12.6. The SMILES string of the molecule is Cc1nc(SC[C@H](NS(=O)(=O)c2ccccc2)C(=O)O)c2ccn(CCCC(=O)NC3=NCCCN3)c2n1. The number of carbonyl (C=O) groups is 2. The fourth-order valence-corrected chi connectivity index (χ4v) is 6.20. The first-order chi connectivity index (χ1) is 18.2. The third-order valence-corrected chi connectivity index (χ3v) is 8.26. The molecule has 0 fully saturated rings. The second kappa shape index (κ2) is 12.4. The molecular weight excluding hydrogens is 530 g/mol. The van der Waals surface area contributed by atoms with Gasteiger partial charge in [-0.1, -0.05) is 18.2 Å². The monoisotopic (exact) mass is 559 g/mol. The fraction of sp³-hybridized carbons (Fsp3) is 0.375. The third kappa shape index (κ3) is 7.08. The quantitative estimate of drug-likeness (QED) is 0.201. The van der Waals surface area contributed by atoms with E-state index in [2.05, 4.69) is 30.3 Å². The van der Waals surface area contributed by atoms with Crippen LogP contribution in [0.15, 0.2) is 57.5 Å². The Kier molecular flexibility index (Phi) is 8.97. The highest BCUT2D eigenvalue weighted by molar-refractivity contribution is 7.99. The van der Waals surface area contributed by atoms with E-state index in [1.54, 1.807) is 25.1 Å². The van der Waals surface area contributed by atoms with Gasteiger partial charge in [-0.15, -0.1) is 11.8 Å². The molecule has 1 aromatic carbocycles. The number of carbonyl (C=O) groups excluding carboxylic acids is 1. The molecule has 0 saturated carbocycles. The van der Waals surface area contributed by atoms with Gasteiger partial charge < -0.3 is 15.0 Å². The van der Waals surface area contributed by atoms with E-state index in [-0.39, 0.29) is 16.6 Å². The van der Waals surface area contributed by atoms with Gasteiger partial charge in [0, 0.05) is 38.0 Å². The summed E-state index contributed by atoms with van der Waals surface area (Å²) < 4.78 is 29.5. The zero-order valence-corrected chi connectivity index (χ0v) is 22.4. The summed E-state index contributed by atoms with van der Waals surface area (Å²) in [6, 6.07) is 8.09. The summed E-state index contributed by atoms with van der Waals surface area (Å²) in [4.78, 5) is 37.3. The van der Waals surface area contributed by atoms with Crippen molar-refractivity contribution in [1.82, 2.24) is 29.9 Å². The molecule has 0 bridgehead atoms. The van der Waals surface area contributed by atoms with Gasteiger partial charge in [-0.05, 0) is 38.0 Å². The predicted molar refractivity (Wildman–Crippen MR) is 143 cm³/mol. The Bertz CT molecular complexity index is 1440. The van der Waals surface area contributed by atoms with Crippen LogP contribution in [-0.4, -0.2) is 70.8 Å².